The van der Waals surface area contributed by atoms with Crippen LogP contribution in [-0.2, 0) is 14.3 Å². The van der Waals surface area contributed by atoms with E-state index in [0.717, 1.165) is 25.3 Å². The summed E-state index contributed by atoms with van der Waals surface area (Å²) >= 11 is 0. The van der Waals surface area contributed by atoms with Crippen molar-refractivity contribution in [2.24, 2.45) is 5.92 Å². The van der Waals surface area contributed by atoms with Crippen LogP contribution in [0.2, 0.25) is 0 Å². The molecular weight excluding hydrogens is 378 g/mol. The summed E-state index contributed by atoms with van der Waals surface area (Å²) in [7, 11) is 1.63. The molecule has 0 unspecified atom stereocenters. The second-order valence-corrected chi connectivity index (χ2v) is 7.35. The fourth-order valence-electron chi connectivity index (χ4n) is 3.61. The van der Waals surface area contributed by atoms with Crippen LogP contribution in [0.4, 0.5) is 0 Å². The van der Waals surface area contributed by atoms with E-state index in [4.69, 9.17) is 14.6 Å². The molecule has 10 nitrogen and oxygen atoms in total. The number of H-pyrrole nitrogens is 1. The number of ether oxygens (including phenoxy) is 1. The number of likely N-dealkylation sites (tertiary alicyclic amines) is 1. The maximum atomic E-state index is 12.2. The quantitative estimate of drug-likeness (QED) is 0.321. The third kappa shape index (κ3) is 7.82. The molecule has 1 aliphatic heterocycles. The Balaban J connectivity index is 0.000000941. The molecule has 2 amide bonds. The lowest BCUT2D eigenvalue weighted by molar-refractivity contribution is -0.123. The van der Waals surface area contributed by atoms with Crippen LogP contribution in [0.5, 0.6) is 0 Å². The molecule has 0 radical (unpaired) electrons. The number of amides is 2. The number of rotatable bonds is 10. The highest BCUT2D eigenvalue weighted by Gasteiger charge is 2.38. The van der Waals surface area contributed by atoms with Crippen molar-refractivity contribution in [2.75, 3.05) is 33.4 Å². The van der Waals surface area contributed by atoms with Crippen molar-refractivity contribution >= 4 is 18.3 Å². The Morgan fingerprint density at radius 3 is 2.66 bits per heavy atom. The van der Waals surface area contributed by atoms with Crippen LogP contribution in [-0.4, -0.2) is 83.7 Å². The van der Waals surface area contributed by atoms with Crippen LogP contribution in [0.3, 0.4) is 0 Å². The van der Waals surface area contributed by atoms with Gasteiger partial charge in [-0.1, -0.05) is 0 Å². The smallest absolute Gasteiger partial charge is 0.290 e. The van der Waals surface area contributed by atoms with Gasteiger partial charge in [-0.15, -0.1) is 0 Å². The molecule has 1 aliphatic carbocycles. The molecule has 1 aromatic rings. The Hall–Kier alpha value is -2.46. The van der Waals surface area contributed by atoms with Crippen molar-refractivity contribution in [3.05, 3.63) is 18.2 Å². The normalized spacial score (nSPS) is 21.1. The van der Waals surface area contributed by atoms with E-state index in [9.17, 15) is 9.59 Å². The number of imidazole rings is 1. The average molecular weight is 409 g/mol. The molecular formula is C19H31N5O5. The summed E-state index contributed by atoms with van der Waals surface area (Å²) in [6, 6.07) is 0.548. The zero-order chi connectivity index (χ0) is 21.1. The molecule has 1 saturated heterocycles. The van der Waals surface area contributed by atoms with Gasteiger partial charge in [-0.2, -0.15) is 0 Å². The van der Waals surface area contributed by atoms with Crippen LogP contribution in [0.15, 0.2) is 12.5 Å². The van der Waals surface area contributed by atoms with E-state index in [2.05, 4.69) is 25.5 Å². The summed E-state index contributed by atoms with van der Waals surface area (Å²) in [6.45, 7) is 2.46. The topological polar surface area (TPSA) is 137 Å². The maximum Gasteiger partial charge on any atom is 0.290 e. The maximum absolute atomic E-state index is 12.2. The zero-order valence-electron chi connectivity index (χ0n) is 16.8. The predicted octanol–water partition coefficient (Wildman–Crippen LogP) is 0.236. The molecule has 2 heterocycles. The minimum atomic E-state index is -0.250. The van der Waals surface area contributed by atoms with Crippen LogP contribution in [0.25, 0.3) is 0 Å². The van der Waals surface area contributed by atoms with E-state index in [0.29, 0.717) is 37.9 Å². The highest BCUT2D eigenvalue weighted by atomic mass is 16.5. The average Bonchev–Trinajstić information content (AvgIpc) is 3.20. The molecule has 2 aliphatic rings. The second kappa shape index (κ2) is 12.2. The molecule has 0 bridgehead atoms. The molecule has 3 rings (SSSR count). The number of carbonyl (C=O) groups is 3. The van der Waals surface area contributed by atoms with Gasteiger partial charge < -0.3 is 25.5 Å². The van der Waals surface area contributed by atoms with Crippen molar-refractivity contribution in [1.82, 2.24) is 25.5 Å². The SMILES string of the molecule is COCCNC(=O)C[C@H]1CC[C@@H](CNC(=O)c2cnc[nH]2)N1CC1CC1.O=CO. The van der Waals surface area contributed by atoms with E-state index >= 15 is 0 Å². The Labute approximate surface area is 170 Å². The third-order valence-corrected chi connectivity index (χ3v) is 5.23. The van der Waals surface area contributed by atoms with E-state index in [1.165, 1.54) is 25.4 Å². The monoisotopic (exact) mass is 409 g/mol. The highest BCUT2D eigenvalue weighted by Crippen LogP contribution is 2.35. The molecule has 2 fully saturated rings. The molecule has 0 aromatic carbocycles. The van der Waals surface area contributed by atoms with Crippen LogP contribution >= 0.6 is 0 Å². The van der Waals surface area contributed by atoms with Crippen LogP contribution < -0.4 is 10.6 Å². The lowest BCUT2D eigenvalue weighted by Crippen LogP contribution is -2.45. The van der Waals surface area contributed by atoms with E-state index in [1.54, 1.807) is 7.11 Å². The summed E-state index contributed by atoms with van der Waals surface area (Å²) in [6.07, 6.45) is 8.09. The van der Waals surface area contributed by atoms with Crippen molar-refractivity contribution in [1.29, 1.82) is 0 Å². The summed E-state index contributed by atoms with van der Waals surface area (Å²) in [4.78, 5) is 41.8. The number of nitrogens with one attached hydrogen (secondary N) is 3. The summed E-state index contributed by atoms with van der Waals surface area (Å²) in [5, 5.41) is 12.8. The summed E-state index contributed by atoms with van der Waals surface area (Å²) in [5.74, 6) is 0.697. The summed E-state index contributed by atoms with van der Waals surface area (Å²) < 4.78 is 4.97. The first-order chi connectivity index (χ1) is 14.1. The molecule has 2 atom stereocenters. The Bertz CT molecular complexity index is 635. The second-order valence-electron chi connectivity index (χ2n) is 7.35. The lowest BCUT2D eigenvalue weighted by Gasteiger charge is -2.30. The highest BCUT2D eigenvalue weighted by molar-refractivity contribution is 5.91. The van der Waals surface area contributed by atoms with E-state index in [-0.39, 0.29) is 24.3 Å². The molecule has 29 heavy (non-hydrogen) atoms. The van der Waals surface area contributed by atoms with Gasteiger partial charge in [0.1, 0.15) is 5.69 Å². The number of nitrogens with zero attached hydrogens (tertiary/aromatic N) is 2. The number of carboxylic acid groups (broad SMARTS) is 1. The number of carbonyl (C=O) groups excluding carboxylic acids is 2. The predicted molar refractivity (Wildman–Crippen MR) is 105 cm³/mol. The van der Waals surface area contributed by atoms with Gasteiger partial charge in [0, 0.05) is 45.2 Å². The molecule has 10 heteroatoms. The van der Waals surface area contributed by atoms with Crippen molar-refractivity contribution in [3.63, 3.8) is 0 Å². The van der Waals surface area contributed by atoms with Gasteiger partial charge in [-0.05, 0) is 31.6 Å². The Morgan fingerprint density at radius 1 is 1.31 bits per heavy atom. The molecule has 0 spiro atoms. The number of hydrogen-bond donors (Lipinski definition) is 4. The Morgan fingerprint density at radius 2 is 2.03 bits per heavy atom. The number of aromatic nitrogens is 2. The number of aromatic amines is 1. The van der Waals surface area contributed by atoms with Gasteiger partial charge in [-0.25, -0.2) is 4.98 Å². The van der Waals surface area contributed by atoms with E-state index in [1.807, 2.05) is 0 Å². The lowest BCUT2D eigenvalue weighted by atomic mass is 10.1. The fourth-order valence-corrected chi connectivity index (χ4v) is 3.61. The molecule has 162 valence electrons. The largest absolute Gasteiger partial charge is 0.483 e. The number of hydrogen-bond acceptors (Lipinski definition) is 6. The first-order valence-electron chi connectivity index (χ1n) is 9.94. The summed E-state index contributed by atoms with van der Waals surface area (Å²) in [5.41, 5.74) is 0.478. The van der Waals surface area contributed by atoms with E-state index < -0.39 is 0 Å². The fraction of sp³-hybridized carbons (Fsp3) is 0.684. The van der Waals surface area contributed by atoms with Gasteiger partial charge in [0.15, 0.2) is 0 Å². The number of methoxy groups -OCH3 is 1. The Kier molecular flexibility index (Phi) is 9.58. The third-order valence-electron chi connectivity index (χ3n) is 5.23. The minimum absolute atomic E-state index is 0.0787. The van der Waals surface area contributed by atoms with Crippen molar-refractivity contribution in [2.45, 2.75) is 44.2 Å². The van der Waals surface area contributed by atoms with Gasteiger partial charge in [-0.3, -0.25) is 19.3 Å². The minimum Gasteiger partial charge on any atom is -0.483 e. The standard InChI is InChI=1S/C18H29N5O3.CH2O2/c1-26-7-6-20-17(24)8-14-4-5-15(23(14)11-13-2-3-13)9-21-18(25)16-10-19-12-22-16;2-1-3/h10,12-15H,2-9,11H2,1H3,(H,19,22)(H,20,24)(H,21,25);1H,(H,2,3)/t14-,15+;/m1./s1. The zero-order valence-corrected chi connectivity index (χ0v) is 16.8. The molecule has 1 aromatic heterocycles. The van der Waals surface area contributed by atoms with Gasteiger partial charge in [0.2, 0.25) is 5.91 Å². The molecule has 1 saturated carbocycles. The van der Waals surface area contributed by atoms with Crippen molar-refractivity contribution < 1.29 is 24.2 Å². The molecule has 4 N–H and O–H groups in total. The van der Waals surface area contributed by atoms with Gasteiger partial charge in [0.25, 0.3) is 12.4 Å². The first kappa shape index (κ1) is 22.8. The van der Waals surface area contributed by atoms with Gasteiger partial charge in [0.05, 0.1) is 19.1 Å². The van der Waals surface area contributed by atoms with Gasteiger partial charge >= 0.3 is 0 Å². The van der Waals surface area contributed by atoms with Crippen LogP contribution in [0, 0.1) is 5.92 Å². The first-order valence-corrected chi connectivity index (χ1v) is 9.94. The van der Waals surface area contributed by atoms with Crippen molar-refractivity contribution in [3.8, 4) is 0 Å². The van der Waals surface area contributed by atoms with Crippen LogP contribution in [0.1, 0.15) is 42.6 Å².